The van der Waals surface area contributed by atoms with Crippen LogP contribution in [0.2, 0.25) is 0 Å². The molecule has 0 spiro atoms. The number of methoxy groups -OCH3 is 1. The Bertz CT molecular complexity index is 1220. The number of ether oxygens (including phenoxy) is 1. The highest BCUT2D eigenvalue weighted by atomic mass is 32.1. The van der Waals surface area contributed by atoms with Gasteiger partial charge in [0.15, 0.2) is 0 Å². The topological polar surface area (TPSA) is 69.0 Å². The molecule has 6 nitrogen and oxygen atoms in total. The van der Waals surface area contributed by atoms with E-state index < -0.39 is 0 Å². The van der Waals surface area contributed by atoms with E-state index in [0.29, 0.717) is 17.4 Å². The molecule has 154 valence electrons. The summed E-state index contributed by atoms with van der Waals surface area (Å²) in [4.78, 5) is 19.3. The molecular weight excluding hydrogens is 416 g/mol. The molecule has 0 fully saturated rings. The first-order chi connectivity index (χ1) is 14.5. The van der Waals surface area contributed by atoms with Crippen LogP contribution in [0.3, 0.4) is 0 Å². The third-order valence-electron chi connectivity index (χ3n) is 5.48. The highest BCUT2D eigenvalue weighted by Gasteiger charge is 2.28. The lowest BCUT2D eigenvalue weighted by Crippen LogP contribution is -2.12. The highest BCUT2D eigenvalue weighted by molar-refractivity contribution is 7.23. The summed E-state index contributed by atoms with van der Waals surface area (Å²) in [6, 6.07) is 8.17. The predicted octanol–water partition coefficient (Wildman–Crippen LogP) is 5.14. The average Bonchev–Trinajstić information content (AvgIpc) is 3.41. The van der Waals surface area contributed by atoms with Crippen molar-refractivity contribution in [3.8, 4) is 16.5 Å². The standard InChI is InChI=1S/C22H22N4O2S2/c1-12-8-9-13-17(10-12)30-22(24-19(27)14-11-26(2)25-20(14)28-3)18(13)21-23-15-6-4-5-7-16(15)29-21/h4-7,11-12H,8-10H2,1-3H3,(H,24,27). The molecule has 1 N–H and O–H groups in total. The number of thiazole rings is 1. The molecule has 0 saturated heterocycles. The first-order valence-corrected chi connectivity index (χ1v) is 11.6. The second-order valence-electron chi connectivity index (χ2n) is 7.72. The van der Waals surface area contributed by atoms with Crippen LogP contribution in [0.15, 0.2) is 30.5 Å². The summed E-state index contributed by atoms with van der Waals surface area (Å²) < 4.78 is 8.02. The Balaban J connectivity index is 1.60. The van der Waals surface area contributed by atoms with E-state index in [1.165, 1.54) is 17.6 Å². The molecule has 1 atom stereocenters. The minimum Gasteiger partial charge on any atom is -0.479 e. The van der Waals surface area contributed by atoms with Crippen molar-refractivity contribution >= 4 is 43.8 Å². The maximum Gasteiger partial charge on any atom is 0.263 e. The first-order valence-electron chi connectivity index (χ1n) is 9.93. The van der Waals surface area contributed by atoms with Gasteiger partial charge in [-0.2, -0.15) is 0 Å². The van der Waals surface area contributed by atoms with E-state index in [9.17, 15) is 4.79 Å². The molecule has 1 unspecified atom stereocenters. The van der Waals surface area contributed by atoms with Crippen molar-refractivity contribution in [3.05, 3.63) is 46.5 Å². The number of carbonyl (C=O) groups is 1. The lowest BCUT2D eigenvalue weighted by Gasteiger charge is -2.18. The molecule has 1 aliphatic carbocycles. The Morgan fingerprint density at radius 1 is 1.30 bits per heavy atom. The van der Waals surface area contributed by atoms with Gasteiger partial charge in [-0.1, -0.05) is 19.1 Å². The summed E-state index contributed by atoms with van der Waals surface area (Å²) in [5.74, 6) is 0.766. The quantitative estimate of drug-likeness (QED) is 0.479. The van der Waals surface area contributed by atoms with Gasteiger partial charge in [0.05, 0.1) is 17.3 Å². The molecule has 1 aromatic carbocycles. The minimum absolute atomic E-state index is 0.214. The van der Waals surface area contributed by atoms with Crippen LogP contribution in [0.4, 0.5) is 5.00 Å². The Kier molecular flexibility index (Phi) is 4.83. The number of anilines is 1. The van der Waals surface area contributed by atoms with Crippen LogP contribution in [0.5, 0.6) is 5.88 Å². The van der Waals surface area contributed by atoms with Gasteiger partial charge in [-0.3, -0.25) is 9.48 Å². The van der Waals surface area contributed by atoms with Gasteiger partial charge in [0, 0.05) is 23.7 Å². The SMILES string of the molecule is COc1nn(C)cc1C(=O)Nc1sc2c(c1-c1nc3ccccc3s1)CCC(C)C2. The molecule has 30 heavy (non-hydrogen) atoms. The van der Waals surface area contributed by atoms with Crippen LogP contribution in [-0.2, 0) is 19.9 Å². The largest absolute Gasteiger partial charge is 0.479 e. The van der Waals surface area contributed by atoms with Gasteiger partial charge in [0.1, 0.15) is 15.6 Å². The van der Waals surface area contributed by atoms with Gasteiger partial charge >= 0.3 is 0 Å². The molecule has 3 heterocycles. The maximum atomic E-state index is 13.1. The lowest BCUT2D eigenvalue weighted by atomic mass is 9.88. The normalized spacial score (nSPS) is 15.9. The summed E-state index contributed by atoms with van der Waals surface area (Å²) in [5, 5.41) is 9.18. The number of rotatable bonds is 4. The van der Waals surface area contributed by atoms with Crippen LogP contribution in [-0.4, -0.2) is 27.8 Å². The highest BCUT2D eigenvalue weighted by Crippen LogP contribution is 2.47. The van der Waals surface area contributed by atoms with Crippen LogP contribution < -0.4 is 10.1 Å². The Morgan fingerprint density at radius 2 is 2.13 bits per heavy atom. The molecular formula is C22H22N4O2S2. The summed E-state index contributed by atoms with van der Waals surface area (Å²) in [7, 11) is 3.30. The number of amides is 1. The molecule has 0 saturated carbocycles. The number of benzene rings is 1. The second-order valence-corrected chi connectivity index (χ2v) is 9.86. The van der Waals surface area contributed by atoms with Crippen molar-refractivity contribution in [3.63, 3.8) is 0 Å². The predicted molar refractivity (Wildman–Crippen MR) is 122 cm³/mol. The number of nitrogens with zero attached hydrogens (tertiary/aromatic N) is 3. The fourth-order valence-corrected chi connectivity index (χ4v) is 6.51. The number of hydrogen-bond acceptors (Lipinski definition) is 6. The van der Waals surface area contributed by atoms with E-state index in [4.69, 9.17) is 9.72 Å². The van der Waals surface area contributed by atoms with Crippen molar-refractivity contribution in [2.45, 2.75) is 26.2 Å². The summed E-state index contributed by atoms with van der Waals surface area (Å²) in [6.07, 6.45) is 4.90. The number of aromatic nitrogens is 3. The lowest BCUT2D eigenvalue weighted by molar-refractivity contribution is 0.102. The molecule has 1 amide bonds. The number of carbonyl (C=O) groups excluding carboxylic acids is 1. The number of thiophene rings is 1. The fraction of sp³-hybridized carbons (Fsp3) is 0.318. The van der Waals surface area contributed by atoms with Gasteiger partial charge in [0.2, 0.25) is 5.88 Å². The summed E-state index contributed by atoms with van der Waals surface area (Å²) >= 11 is 3.36. The van der Waals surface area contributed by atoms with Gasteiger partial charge in [0.25, 0.3) is 5.91 Å². The van der Waals surface area contributed by atoms with Crippen molar-refractivity contribution in [1.29, 1.82) is 0 Å². The van der Waals surface area contributed by atoms with Gasteiger partial charge < -0.3 is 10.1 Å². The van der Waals surface area contributed by atoms with Crippen LogP contribution in [0.1, 0.15) is 34.1 Å². The third-order valence-corrected chi connectivity index (χ3v) is 7.70. The van der Waals surface area contributed by atoms with E-state index in [1.807, 2.05) is 18.2 Å². The van der Waals surface area contributed by atoms with E-state index in [0.717, 1.165) is 45.1 Å². The van der Waals surface area contributed by atoms with E-state index in [-0.39, 0.29) is 5.91 Å². The zero-order valence-electron chi connectivity index (χ0n) is 17.1. The van der Waals surface area contributed by atoms with E-state index in [2.05, 4.69) is 23.4 Å². The van der Waals surface area contributed by atoms with E-state index in [1.54, 1.807) is 40.6 Å². The van der Waals surface area contributed by atoms with Crippen molar-refractivity contribution in [2.75, 3.05) is 12.4 Å². The average molecular weight is 439 g/mol. The molecule has 1 aliphatic rings. The number of fused-ring (bicyclic) bond motifs is 2. The molecule has 4 aromatic rings. The number of hydrogen-bond donors (Lipinski definition) is 1. The maximum absolute atomic E-state index is 13.1. The Hall–Kier alpha value is -2.71. The summed E-state index contributed by atoms with van der Waals surface area (Å²) in [5.41, 5.74) is 3.84. The van der Waals surface area contributed by atoms with Gasteiger partial charge in [-0.25, -0.2) is 4.98 Å². The molecule has 0 aliphatic heterocycles. The van der Waals surface area contributed by atoms with Crippen molar-refractivity contribution in [1.82, 2.24) is 14.8 Å². The second kappa shape index (κ2) is 7.52. The minimum atomic E-state index is -0.214. The number of nitrogens with one attached hydrogen (secondary N) is 1. The van der Waals surface area contributed by atoms with Crippen molar-refractivity contribution < 1.29 is 9.53 Å². The molecule has 0 bridgehead atoms. The first kappa shape index (κ1) is 19.3. The van der Waals surface area contributed by atoms with Crippen LogP contribution in [0, 0.1) is 5.92 Å². The smallest absolute Gasteiger partial charge is 0.263 e. The molecule has 0 radical (unpaired) electrons. The third kappa shape index (κ3) is 3.30. The molecule has 5 rings (SSSR count). The summed E-state index contributed by atoms with van der Waals surface area (Å²) in [6.45, 7) is 2.29. The van der Waals surface area contributed by atoms with Gasteiger partial charge in [-0.15, -0.1) is 27.8 Å². The fourth-order valence-electron chi connectivity index (χ4n) is 3.99. The monoisotopic (exact) mass is 438 g/mol. The van der Waals surface area contributed by atoms with Crippen LogP contribution in [0.25, 0.3) is 20.8 Å². The van der Waals surface area contributed by atoms with Crippen LogP contribution >= 0.6 is 22.7 Å². The number of aryl methyl sites for hydroxylation is 1. The Labute approximate surface area is 182 Å². The number of para-hydroxylation sites is 1. The molecule has 8 heteroatoms. The zero-order valence-corrected chi connectivity index (χ0v) is 18.7. The van der Waals surface area contributed by atoms with Crippen molar-refractivity contribution in [2.24, 2.45) is 13.0 Å². The van der Waals surface area contributed by atoms with Gasteiger partial charge in [-0.05, 0) is 42.9 Å². The zero-order chi connectivity index (χ0) is 20.8. The Morgan fingerprint density at radius 3 is 2.93 bits per heavy atom. The molecule has 3 aromatic heterocycles. The van der Waals surface area contributed by atoms with E-state index >= 15 is 0 Å².